The van der Waals surface area contributed by atoms with Gasteiger partial charge in [0.25, 0.3) is 10.2 Å². The van der Waals surface area contributed by atoms with Crippen molar-refractivity contribution in [2.24, 2.45) is 5.92 Å². The van der Waals surface area contributed by atoms with Crippen molar-refractivity contribution in [1.29, 1.82) is 0 Å². The van der Waals surface area contributed by atoms with E-state index in [1.54, 1.807) is 11.4 Å². The van der Waals surface area contributed by atoms with E-state index in [1.165, 1.54) is 0 Å². The molecule has 2 aliphatic rings. The largest absolute Gasteiger partial charge is 0.381 e. The van der Waals surface area contributed by atoms with E-state index < -0.39 is 10.2 Å². The monoisotopic (exact) mass is 319 g/mol. The van der Waals surface area contributed by atoms with Gasteiger partial charge in [0.1, 0.15) is 0 Å². The number of ether oxygens (including phenoxy) is 1. The van der Waals surface area contributed by atoms with Crippen LogP contribution in [0.3, 0.4) is 0 Å². The number of nitrogens with one attached hydrogen (secondary N) is 2. The minimum atomic E-state index is -3.34. The van der Waals surface area contributed by atoms with Crippen LogP contribution in [0.4, 0.5) is 0 Å². The van der Waals surface area contributed by atoms with Crippen molar-refractivity contribution in [3.63, 3.8) is 0 Å². The van der Waals surface area contributed by atoms with E-state index in [2.05, 4.69) is 17.0 Å². The second-order valence-corrected chi connectivity index (χ2v) is 7.92. The number of methoxy groups -OCH3 is 1. The maximum absolute atomic E-state index is 12.4. The lowest BCUT2D eigenvalue weighted by Gasteiger charge is -2.37. The second kappa shape index (κ2) is 7.87. The summed E-state index contributed by atoms with van der Waals surface area (Å²) in [4.78, 5) is 0. The molecule has 0 bridgehead atoms. The van der Waals surface area contributed by atoms with Crippen LogP contribution in [-0.4, -0.2) is 58.2 Å². The van der Waals surface area contributed by atoms with Crippen LogP contribution in [0.5, 0.6) is 0 Å². The molecular formula is C14H29N3O3S. The van der Waals surface area contributed by atoms with Crippen LogP contribution in [0.25, 0.3) is 0 Å². The molecule has 1 atom stereocenters. The fourth-order valence-electron chi connectivity index (χ4n) is 3.03. The molecule has 2 N–H and O–H groups in total. The fourth-order valence-corrected chi connectivity index (χ4v) is 4.57. The predicted octanol–water partition coefficient (Wildman–Crippen LogP) is 0.710. The van der Waals surface area contributed by atoms with E-state index in [-0.39, 0.29) is 12.1 Å². The van der Waals surface area contributed by atoms with Crippen LogP contribution in [0.2, 0.25) is 0 Å². The summed E-state index contributed by atoms with van der Waals surface area (Å²) in [6.07, 6.45) is 4.95. The Morgan fingerprint density at radius 1 is 1.33 bits per heavy atom. The van der Waals surface area contributed by atoms with Gasteiger partial charge in [0.05, 0.1) is 6.10 Å². The number of piperidine rings is 1. The van der Waals surface area contributed by atoms with Crippen LogP contribution in [-0.2, 0) is 14.9 Å². The van der Waals surface area contributed by atoms with Crippen molar-refractivity contribution in [3.05, 3.63) is 0 Å². The van der Waals surface area contributed by atoms with Crippen molar-refractivity contribution in [3.8, 4) is 0 Å². The maximum atomic E-state index is 12.4. The van der Waals surface area contributed by atoms with Gasteiger partial charge in [-0.05, 0) is 51.1 Å². The van der Waals surface area contributed by atoms with Crippen molar-refractivity contribution in [1.82, 2.24) is 14.3 Å². The summed E-state index contributed by atoms with van der Waals surface area (Å²) in [5, 5.41) is 3.39. The van der Waals surface area contributed by atoms with Gasteiger partial charge in [-0.2, -0.15) is 17.4 Å². The molecule has 0 radical (unpaired) electrons. The number of hydrogen-bond donors (Lipinski definition) is 2. The molecule has 1 aliphatic heterocycles. The minimum Gasteiger partial charge on any atom is -0.381 e. The average Bonchev–Trinajstić information content (AvgIpc) is 2.43. The van der Waals surface area contributed by atoms with Gasteiger partial charge in [-0.1, -0.05) is 6.92 Å². The van der Waals surface area contributed by atoms with Gasteiger partial charge in [0.2, 0.25) is 0 Å². The second-order valence-electron chi connectivity index (χ2n) is 6.22. The molecule has 1 aliphatic carbocycles. The van der Waals surface area contributed by atoms with Crippen molar-refractivity contribution < 1.29 is 13.2 Å². The zero-order valence-electron chi connectivity index (χ0n) is 13.2. The Morgan fingerprint density at radius 3 is 2.76 bits per heavy atom. The molecular weight excluding hydrogens is 290 g/mol. The van der Waals surface area contributed by atoms with E-state index in [9.17, 15) is 8.42 Å². The predicted molar refractivity (Wildman–Crippen MR) is 83.3 cm³/mol. The van der Waals surface area contributed by atoms with E-state index in [0.717, 1.165) is 45.2 Å². The van der Waals surface area contributed by atoms with Gasteiger partial charge in [0.15, 0.2) is 0 Å². The number of hydrogen-bond acceptors (Lipinski definition) is 4. The highest BCUT2D eigenvalue weighted by Crippen LogP contribution is 2.25. The van der Waals surface area contributed by atoms with E-state index >= 15 is 0 Å². The molecule has 1 unspecified atom stereocenters. The fraction of sp³-hybridized carbons (Fsp3) is 1.00. The van der Waals surface area contributed by atoms with Gasteiger partial charge in [-0.15, -0.1) is 0 Å². The molecule has 2 fully saturated rings. The van der Waals surface area contributed by atoms with Gasteiger partial charge in [-0.25, -0.2) is 0 Å². The standard InChI is InChI=1S/C14H29N3O3S/c1-3-6-15-10-12-5-4-7-17(11-12)21(18,19)16-13-8-14(9-13)20-2/h12-16H,3-11H2,1-2H3. The molecule has 124 valence electrons. The topological polar surface area (TPSA) is 70.7 Å². The summed E-state index contributed by atoms with van der Waals surface area (Å²) in [5.74, 6) is 0.426. The maximum Gasteiger partial charge on any atom is 0.279 e. The zero-order valence-corrected chi connectivity index (χ0v) is 14.0. The Labute approximate surface area is 128 Å². The van der Waals surface area contributed by atoms with E-state index in [4.69, 9.17) is 4.74 Å². The van der Waals surface area contributed by atoms with Crippen LogP contribution in [0, 0.1) is 5.92 Å². The number of rotatable bonds is 8. The third kappa shape index (κ3) is 4.89. The molecule has 21 heavy (non-hydrogen) atoms. The third-order valence-electron chi connectivity index (χ3n) is 4.43. The Morgan fingerprint density at radius 2 is 2.10 bits per heavy atom. The third-order valence-corrected chi connectivity index (χ3v) is 6.07. The van der Waals surface area contributed by atoms with Gasteiger partial charge >= 0.3 is 0 Å². The Bertz CT molecular complexity index is 410. The summed E-state index contributed by atoms with van der Waals surface area (Å²) in [7, 11) is -1.66. The smallest absolute Gasteiger partial charge is 0.279 e. The first-order chi connectivity index (χ1) is 10.0. The summed E-state index contributed by atoms with van der Waals surface area (Å²) < 4.78 is 34.4. The normalized spacial score (nSPS) is 31.0. The molecule has 6 nitrogen and oxygen atoms in total. The molecule has 1 heterocycles. The Balaban J connectivity index is 1.79. The highest BCUT2D eigenvalue weighted by atomic mass is 32.2. The first-order valence-corrected chi connectivity index (χ1v) is 9.50. The van der Waals surface area contributed by atoms with Crippen LogP contribution in [0.1, 0.15) is 39.0 Å². The molecule has 0 spiro atoms. The van der Waals surface area contributed by atoms with Crippen LogP contribution >= 0.6 is 0 Å². The summed E-state index contributed by atoms with van der Waals surface area (Å²) in [6.45, 7) is 5.32. The Hall–Kier alpha value is -0.210. The summed E-state index contributed by atoms with van der Waals surface area (Å²) in [6, 6.07) is 0.0403. The number of nitrogens with zero attached hydrogens (tertiary/aromatic N) is 1. The van der Waals surface area contributed by atoms with E-state index in [1.807, 2.05) is 0 Å². The van der Waals surface area contributed by atoms with Gasteiger partial charge in [-0.3, -0.25) is 0 Å². The first-order valence-electron chi connectivity index (χ1n) is 8.06. The lowest BCUT2D eigenvalue weighted by atomic mass is 9.90. The molecule has 0 aromatic rings. The molecule has 0 aromatic heterocycles. The molecule has 1 saturated heterocycles. The van der Waals surface area contributed by atoms with Gasteiger partial charge in [0, 0.05) is 26.2 Å². The lowest BCUT2D eigenvalue weighted by molar-refractivity contribution is 0.0231. The Kier molecular flexibility index (Phi) is 6.43. The van der Waals surface area contributed by atoms with Crippen LogP contribution in [0.15, 0.2) is 0 Å². The molecule has 1 saturated carbocycles. The molecule has 2 rings (SSSR count). The SMILES string of the molecule is CCCNCC1CCCN(S(=O)(=O)NC2CC(OC)C2)C1. The van der Waals surface area contributed by atoms with E-state index in [0.29, 0.717) is 19.0 Å². The summed E-state index contributed by atoms with van der Waals surface area (Å²) in [5.41, 5.74) is 0. The highest BCUT2D eigenvalue weighted by Gasteiger charge is 2.35. The molecule has 7 heteroatoms. The zero-order chi connectivity index (χ0) is 15.3. The average molecular weight is 319 g/mol. The highest BCUT2D eigenvalue weighted by molar-refractivity contribution is 7.87. The van der Waals surface area contributed by atoms with Crippen molar-refractivity contribution >= 4 is 10.2 Å². The summed E-state index contributed by atoms with van der Waals surface area (Å²) >= 11 is 0. The quantitative estimate of drug-likeness (QED) is 0.647. The first kappa shape index (κ1) is 17.1. The van der Waals surface area contributed by atoms with Crippen LogP contribution < -0.4 is 10.0 Å². The van der Waals surface area contributed by atoms with Crippen molar-refractivity contribution in [2.75, 3.05) is 33.3 Å². The minimum absolute atomic E-state index is 0.0403. The van der Waals surface area contributed by atoms with Crippen molar-refractivity contribution in [2.45, 2.75) is 51.2 Å². The van der Waals surface area contributed by atoms with Gasteiger partial charge < -0.3 is 10.1 Å². The molecule has 0 amide bonds. The molecule has 0 aromatic carbocycles. The lowest BCUT2D eigenvalue weighted by Crippen LogP contribution is -2.54.